The van der Waals surface area contributed by atoms with Gasteiger partial charge in [0, 0.05) is 5.69 Å². The molecule has 0 atom stereocenters. The summed E-state index contributed by atoms with van der Waals surface area (Å²) in [5.41, 5.74) is 1.97. The van der Waals surface area contributed by atoms with E-state index >= 15 is 0 Å². The van der Waals surface area contributed by atoms with Crippen molar-refractivity contribution in [1.29, 1.82) is 0 Å². The Morgan fingerprint density at radius 3 is 2.47 bits per heavy atom. The summed E-state index contributed by atoms with van der Waals surface area (Å²) >= 11 is 5.46. The molecule has 0 aliphatic rings. The van der Waals surface area contributed by atoms with Crippen LogP contribution in [0.5, 0.6) is 0 Å². The maximum Gasteiger partial charge on any atom is 0.239 e. The molecule has 0 aliphatic heterocycles. The fourth-order valence-electron chi connectivity index (χ4n) is 1.43. The van der Waals surface area contributed by atoms with Gasteiger partial charge in [0.15, 0.2) is 0 Å². The summed E-state index contributed by atoms with van der Waals surface area (Å²) in [5.74, 6) is -0.188. The number of rotatable bonds is 2. The molecule has 0 bridgehead atoms. The van der Waals surface area contributed by atoms with Gasteiger partial charge in [-0.05, 0) is 17.0 Å². The average molecular weight is 226 g/mol. The van der Waals surface area contributed by atoms with Gasteiger partial charge in [0.1, 0.15) is 5.88 Å². The molecule has 0 saturated heterocycles. The van der Waals surface area contributed by atoms with Crippen LogP contribution >= 0.6 is 11.6 Å². The molecule has 82 valence electrons. The summed E-state index contributed by atoms with van der Waals surface area (Å²) in [6, 6.07) is 7.78. The molecule has 0 unspecified atom stereocenters. The molecule has 2 nitrogen and oxygen atoms in total. The van der Waals surface area contributed by atoms with Crippen molar-refractivity contribution in [2.75, 3.05) is 11.2 Å². The van der Waals surface area contributed by atoms with Crippen LogP contribution in [-0.4, -0.2) is 11.8 Å². The van der Waals surface area contributed by atoms with E-state index in [4.69, 9.17) is 11.6 Å². The van der Waals surface area contributed by atoms with Crippen LogP contribution < -0.4 is 5.32 Å². The topological polar surface area (TPSA) is 29.1 Å². The molecule has 1 rings (SSSR count). The highest BCUT2D eigenvalue weighted by molar-refractivity contribution is 6.29. The van der Waals surface area contributed by atoms with Gasteiger partial charge in [-0.3, -0.25) is 4.79 Å². The van der Waals surface area contributed by atoms with Gasteiger partial charge in [-0.2, -0.15) is 0 Å². The summed E-state index contributed by atoms with van der Waals surface area (Å²) in [4.78, 5) is 11.2. The van der Waals surface area contributed by atoms with Crippen molar-refractivity contribution in [2.24, 2.45) is 0 Å². The molecule has 0 saturated carbocycles. The molecule has 0 aliphatic carbocycles. The molecule has 0 fully saturated rings. The smallest absolute Gasteiger partial charge is 0.239 e. The molecule has 15 heavy (non-hydrogen) atoms. The Labute approximate surface area is 95.6 Å². The molecule has 0 spiro atoms. The Kier molecular flexibility index (Phi) is 3.75. The second kappa shape index (κ2) is 4.67. The Bertz CT molecular complexity index is 355. The summed E-state index contributed by atoms with van der Waals surface area (Å²) in [7, 11) is 0. The minimum absolute atomic E-state index is 0.0101. The van der Waals surface area contributed by atoms with E-state index in [1.165, 1.54) is 0 Å². The molecule has 1 aromatic carbocycles. The number of alkyl halides is 1. The third kappa shape index (κ3) is 3.24. The first-order valence-electron chi connectivity index (χ1n) is 4.90. The molecular formula is C12H16ClNO. The average Bonchev–Trinajstić information content (AvgIpc) is 2.17. The van der Waals surface area contributed by atoms with Crippen LogP contribution in [0, 0.1) is 0 Å². The highest BCUT2D eigenvalue weighted by Gasteiger charge is 2.17. The van der Waals surface area contributed by atoms with E-state index in [0.29, 0.717) is 0 Å². The van der Waals surface area contributed by atoms with E-state index in [2.05, 4.69) is 26.1 Å². The first-order chi connectivity index (χ1) is 6.95. The molecular weight excluding hydrogens is 210 g/mol. The fourth-order valence-corrected chi connectivity index (χ4v) is 1.50. The molecule has 0 aromatic heterocycles. The van der Waals surface area contributed by atoms with Crippen molar-refractivity contribution in [3.8, 4) is 0 Å². The number of hydrogen-bond acceptors (Lipinski definition) is 1. The summed E-state index contributed by atoms with van der Waals surface area (Å²) in [6.07, 6.45) is 0. The van der Waals surface area contributed by atoms with Crippen LogP contribution in [0.1, 0.15) is 26.3 Å². The van der Waals surface area contributed by atoms with E-state index < -0.39 is 0 Å². The van der Waals surface area contributed by atoms with Crippen LogP contribution in [0.2, 0.25) is 0 Å². The third-order valence-corrected chi connectivity index (χ3v) is 2.37. The molecule has 1 amide bonds. The molecule has 1 aromatic rings. The summed E-state index contributed by atoms with van der Waals surface area (Å²) in [5, 5.41) is 2.80. The lowest BCUT2D eigenvalue weighted by molar-refractivity contribution is -0.113. The number of hydrogen-bond donors (Lipinski definition) is 1. The van der Waals surface area contributed by atoms with Crippen LogP contribution in [0.25, 0.3) is 0 Å². The zero-order chi connectivity index (χ0) is 11.5. The minimum Gasteiger partial charge on any atom is -0.325 e. The lowest BCUT2D eigenvalue weighted by Gasteiger charge is -2.22. The Morgan fingerprint density at radius 1 is 1.33 bits per heavy atom. The molecule has 0 radical (unpaired) electrons. The molecule has 3 heteroatoms. The number of nitrogens with one attached hydrogen (secondary N) is 1. The Balaban J connectivity index is 3.02. The number of anilines is 1. The predicted octanol–water partition coefficient (Wildman–Crippen LogP) is 3.16. The Hall–Kier alpha value is -1.02. The number of carbonyl (C=O) groups excluding carboxylic acids is 1. The monoisotopic (exact) mass is 225 g/mol. The van der Waals surface area contributed by atoms with Crippen molar-refractivity contribution >= 4 is 23.2 Å². The Morgan fingerprint density at radius 2 is 1.93 bits per heavy atom. The van der Waals surface area contributed by atoms with E-state index in [9.17, 15) is 4.79 Å². The standard InChI is InChI=1S/C12H16ClNO/c1-12(2,3)9-6-4-5-7-10(9)14-11(15)8-13/h4-7H,8H2,1-3H3,(H,14,15). The van der Waals surface area contributed by atoms with Crippen molar-refractivity contribution in [3.63, 3.8) is 0 Å². The van der Waals surface area contributed by atoms with Crippen LogP contribution in [0.3, 0.4) is 0 Å². The first kappa shape index (κ1) is 12.1. The summed E-state index contributed by atoms with van der Waals surface area (Å²) < 4.78 is 0. The van der Waals surface area contributed by atoms with E-state index in [-0.39, 0.29) is 17.2 Å². The van der Waals surface area contributed by atoms with E-state index in [0.717, 1.165) is 11.3 Å². The SMILES string of the molecule is CC(C)(C)c1ccccc1NC(=O)CCl. The lowest BCUT2D eigenvalue weighted by atomic mass is 9.86. The fraction of sp³-hybridized carbons (Fsp3) is 0.417. The number of carbonyl (C=O) groups is 1. The predicted molar refractivity (Wildman–Crippen MR) is 64.5 cm³/mol. The van der Waals surface area contributed by atoms with Crippen LogP contribution in [-0.2, 0) is 10.2 Å². The van der Waals surface area contributed by atoms with Gasteiger partial charge in [-0.1, -0.05) is 39.0 Å². The number of amides is 1. The maximum absolute atomic E-state index is 11.2. The number of benzene rings is 1. The second-order valence-electron chi connectivity index (χ2n) is 4.48. The normalized spacial score (nSPS) is 11.2. The number of para-hydroxylation sites is 1. The second-order valence-corrected chi connectivity index (χ2v) is 4.74. The van der Waals surface area contributed by atoms with Crippen LogP contribution in [0.15, 0.2) is 24.3 Å². The van der Waals surface area contributed by atoms with Gasteiger partial charge >= 0.3 is 0 Å². The van der Waals surface area contributed by atoms with Gasteiger partial charge in [0.05, 0.1) is 0 Å². The van der Waals surface area contributed by atoms with Crippen LogP contribution in [0.4, 0.5) is 5.69 Å². The van der Waals surface area contributed by atoms with Gasteiger partial charge in [0.25, 0.3) is 0 Å². The zero-order valence-electron chi connectivity index (χ0n) is 9.30. The molecule has 1 N–H and O–H groups in total. The summed E-state index contributed by atoms with van der Waals surface area (Å²) in [6.45, 7) is 6.33. The third-order valence-electron chi connectivity index (χ3n) is 2.13. The highest BCUT2D eigenvalue weighted by atomic mass is 35.5. The van der Waals surface area contributed by atoms with Crippen molar-refractivity contribution in [3.05, 3.63) is 29.8 Å². The lowest BCUT2D eigenvalue weighted by Crippen LogP contribution is -2.19. The van der Waals surface area contributed by atoms with Crippen molar-refractivity contribution < 1.29 is 4.79 Å². The van der Waals surface area contributed by atoms with Gasteiger partial charge < -0.3 is 5.32 Å². The quantitative estimate of drug-likeness (QED) is 0.770. The van der Waals surface area contributed by atoms with Gasteiger partial charge in [0.2, 0.25) is 5.91 Å². The van der Waals surface area contributed by atoms with Crippen molar-refractivity contribution in [2.45, 2.75) is 26.2 Å². The zero-order valence-corrected chi connectivity index (χ0v) is 10.1. The van der Waals surface area contributed by atoms with E-state index in [1.54, 1.807) is 0 Å². The van der Waals surface area contributed by atoms with Crippen molar-refractivity contribution in [1.82, 2.24) is 0 Å². The number of halogens is 1. The highest BCUT2D eigenvalue weighted by Crippen LogP contribution is 2.29. The first-order valence-corrected chi connectivity index (χ1v) is 5.44. The van der Waals surface area contributed by atoms with E-state index in [1.807, 2.05) is 24.3 Å². The molecule has 0 heterocycles. The van der Waals surface area contributed by atoms with Gasteiger partial charge in [-0.25, -0.2) is 0 Å². The minimum atomic E-state index is -0.173. The largest absolute Gasteiger partial charge is 0.325 e. The maximum atomic E-state index is 11.2. The van der Waals surface area contributed by atoms with Gasteiger partial charge in [-0.15, -0.1) is 11.6 Å².